The lowest BCUT2D eigenvalue weighted by Gasteiger charge is -2.42. The van der Waals surface area contributed by atoms with Crippen LogP contribution in [0.4, 0.5) is 0 Å². The van der Waals surface area contributed by atoms with E-state index in [9.17, 15) is 39.0 Å². The van der Waals surface area contributed by atoms with Crippen LogP contribution in [0.15, 0.2) is 48.6 Å². The van der Waals surface area contributed by atoms with Crippen molar-refractivity contribution in [3.05, 3.63) is 48.6 Å². The van der Waals surface area contributed by atoms with Gasteiger partial charge >= 0.3 is 0 Å². The van der Waals surface area contributed by atoms with E-state index >= 15 is 0 Å². The summed E-state index contributed by atoms with van der Waals surface area (Å²) in [6, 6.07) is 0. The maximum Gasteiger partial charge on any atom is 0.159 e. The molecule has 14 atom stereocenters. The molecule has 6 rings (SSSR count). The zero-order valence-electron chi connectivity index (χ0n) is 62.0. The van der Waals surface area contributed by atoms with Crippen LogP contribution in [0.2, 0.25) is 0 Å². The number of hydrogen-bond acceptors (Lipinski definition) is 9. The van der Waals surface area contributed by atoms with Gasteiger partial charge in [-0.15, -0.1) is 0 Å². The Bertz CT molecular complexity index is 2020. The van der Waals surface area contributed by atoms with Gasteiger partial charge in [-0.1, -0.05) is 207 Å². The molecule has 0 aliphatic heterocycles. The lowest BCUT2D eigenvalue weighted by molar-refractivity contribution is -0.133. The summed E-state index contributed by atoms with van der Waals surface area (Å²) < 4.78 is 6.00. The minimum absolute atomic E-state index is 0. The minimum atomic E-state index is -0.498. The van der Waals surface area contributed by atoms with Crippen molar-refractivity contribution in [2.45, 2.75) is 314 Å². The molecule has 0 aromatic carbocycles. The number of hydrogen-bond donors (Lipinski definition) is 2. The van der Waals surface area contributed by atoms with Gasteiger partial charge in [0.2, 0.25) is 0 Å². The largest absolute Gasteiger partial charge is 0.393 e. The van der Waals surface area contributed by atoms with E-state index in [1.54, 1.807) is 38.2 Å². The van der Waals surface area contributed by atoms with Crippen molar-refractivity contribution >= 4 is 54.5 Å². The van der Waals surface area contributed by atoms with Crippen molar-refractivity contribution in [1.82, 2.24) is 0 Å². The minimum Gasteiger partial charge on any atom is -0.393 e. The molecule has 0 bridgehead atoms. The van der Waals surface area contributed by atoms with Gasteiger partial charge in [-0.2, -0.15) is 0 Å². The molecule has 0 amide bonds. The molecule has 0 heterocycles. The average Bonchev–Trinajstić information content (AvgIpc) is 1.19. The molecule has 6 fully saturated rings. The standard InChI is InChI=1S/2C13H24O2.4C13H22O.CH4.HPS/c2*1-9-6-5-7-13(3,4)12(9)11(15)8-10(2)14;4*1-5-7-11(14)12-10(2)8-6-9-13(12,3)4;;1-2/h2*9-10,12,14H,5-8H2,1-4H3;4*5,7,10,12H,6,8-9H2,1-4H3;1H4;1H/b;;2*7-5+;2*7-5-;;/t9-,10?,12+;9-,10?,12-;3*10-,12+;10-,12-;;/m111111../s1/i;;;;;;;1T. The van der Waals surface area contributed by atoms with Gasteiger partial charge in [0.25, 0.3) is 0 Å². The Balaban J connectivity index is 0. The first-order valence-electron chi connectivity index (χ1n) is 35.3. The average molecular weight is 1280 g/mol. The summed E-state index contributed by atoms with van der Waals surface area (Å²) in [6.45, 7) is 50.8. The molecule has 2 N–H and O–H groups in total. The van der Waals surface area contributed by atoms with Crippen molar-refractivity contribution in [3.63, 3.8) is 0 Å². The van der Waals surface area contributed by atoms with Crippen LogP contribution in [0.25, 0.3) is 0 Å². The van der Waals surface area contributed by atoms with E-state index in [0.717, 1.165) is 25.7 Å². The SMILES string of the molecule is C.C/C=C/C(=O)[C@@H]1[C@H](C)CCCC1(C)C.C/C=C/C(=O)[C@@H]1[C@H](C)CCCC1(C)C.C/C=C\C(=O)[C@@H]1[C@H](C)CCCC1(C)C.C/C=C\C(=O)[C@H]1[C@H](C)CCCC1(C)C.CC(O)CC(=O)[C@@H]1[C@H](C)CCCC1(C)C.CC(O)CC(=O)[C@H]1[C@H](C)CCCC1(C)C.[3H]P=S. The van der Waals surface area contributed by atoms with Gasteiger partial charge in [-0.3, -0.25) is 28.8 Å². The smallest absolute Gasteiger partial charge is 0.159 e. The Morgan fingerprint density at radius 2 is 0.539 bits per heavy atom. The monoisotopic (exact) mass is 1280 g/mol. The highest BCUT2D eigenvalue weighted by Crippen LogP contribution is 2.49. The summed E-state index contributed by atoms with van der Waals surface area (Å²) in [5.41, 5.74) is 0.984. The van der Waals surface area contributed by atoms with Crippen LogP contribution < -0.4 is 0 Å². The molecular formula is C79H141O8PS. The maximum absolute atomic E-state index is 12.1. The van der Waals surface area contributed by atoms with Crippen LogP contribution in [0.1, 0.15) is 302 Å². The molecule has 0 aromatic heterocycles. The highest BCUT2D eigenvalue weighted by molar-refractivity contribution is 7.88. The highest BCUT2D eigenvalue weighted by atomic mass is 32.4. The van der Waals surface area contributed by atoms with Gasteiger partial charge < -0.3 is 10.2 Å². The topological polar surface area (TPSA) is 143 Å². The number of ketones is 6. The summed E-state index contributed by atoms with van der Waals surface area (Å²) in [4.78, 5) is 71.9. The van der Waals surface area contributed by atoms with Crippen LogP contribution in [-0.2, 0) is 40.6 Å². The van der Waals surface area contributed by atoms with E-state index in [1.165, 1.54) is 89.9 Å². The predicted molar refractivity (Wildman–Crippen MR) is 386 cm³/mol. The molecule has 89 heavy (non-hydrogen) atoms. The van der Waals surface area contributed by atoms with Crippen molar-refractivity contribution in [3.8, 4) is 0 Å². The van der Waals surface area contributed by atoms with E-state index in [-0.39, 0.29) is 95.0 Å². The number of rotatable bonds is 14. The second-order valence-electron chi connectivity index (χ2n) is 32.7. The predicted octanol–water partition coefficient (Wildman–Crippen LogP) is 21.2. The fraction of sp³-hybridized carbons (Fsp3) is 0.823. The molecule has 6 aliphatic rings. The molecule has 0 aromatic rings. The first kappa shape index (κ1) is 86.4. The van der Waals surface area contributed by atoms with E-state index in [4.69, 9.17) is 1.28 Å². The third kappa shape index (κ3) is 28.9. The molecule has 10 heteroatoms. The number of Topliss-reactive ketones (excluding diaryl/α,β-unsaturated/α-hetero) is 2. The van der Waals surface area contributed by atoms with Crippen molar-refractivity contribution < 1.29 is 39.0 Å². The normalized spacial score (nSPS) is 31.3. The highest BCUT2D eigenvalue weighted by Gasteiger charge is 2.45. The summed E-state index contributed by atoms with van der Waals surface area (Å²) >= 11 is 4.03. The van der Waals surface area contributed by atoms with Gasteiger partial charge in [0.15, 0.2) is 23.1 Å². The van der Waals surface area contributed by atoms with E-state index in [0.29, 0.717) is 71.5 Å². The summed E-state index contributed by atoms with van der Waals surface area (Å²) in [5, 5.41) is 18.6. The second kappa shape index (κ2) is 41.3. The molecule has 516 valence electrons. The molecular weight excluding hydrogens is 1140 g/mol. The van der Waals surface area contributed by atoms with E-state index in [1.807, 2.05) is 52.0 Å². The summed E-state index contributed by atoms with van der Waals surface area (Å²) in [5.74, 6) is 6.12. The fourth-order valence-electron chi connectivity index (χ4n) is 17.9. The lowest BCUT2D eigenvalue weighted by atomic mass is 9.62. The number of carbonyl (C=O) groups excluding carboxylic acids is 6. The van der Waals surface area contributed by atoms with E-state index in [2.05, 4.69) is 136 Å². The molecule has 6 saturated carbocycles. The Labute approximate surface area is 558 Å². The van der Waals surface area contributed by atoms with Gasteiger partial charge in [-0.05, 0) is 219 Å². The first-order valence-corrected chi connectivity index (χ1v) is 36.4. The Morgan fingerprint density at radius 1 is 0.393 bits per heavy atom. The zero-order chi connectivity index (χ0) is 69.1. The van der Waals surface area contributed by atoms with Crippen LogP contribution in [0, 0.1) is 104 Å². The molecule has 2 unspecified atom stereocenters. The number of carbonyl (C=O) groups is 6. The van der Waals surface area contributed by atoms with Crippen molar-refractivity contribution in [1.29, 1.82) is 1.28 Å². The van der Waals surface area contributed by atoms with E-state index < -0.39 is 12.2 Å². The van der Waals surface area contributed by atoms with Gasteiger partial charge in [0, 0.05) is 48.3 Å². The quantitative estimate of drug-likeness (QED) is 0.128. The lowest BCUT2D eigenvalue weighted by Crippen LogP contribution is -2.40. The number of allylic oxidation sites excluding steroid dienone is 8. The summed E-state index contributed by atoms with van der Waals surface area (Å²) in [7, 11) is 0.250. The zero-order valence-corrected chi connectivity index (χ0v) is 62.8. The van der Waals surface area contributed by atoms with Crippen molar-refractivity contribution in [2.75, 3.05) is 0 Å². The Hall–Kier alpha value is -2.58. The molecule has 0 radical (unpaired) electrons. The van der Waals surface area contributed by atoms with Gasteiger partial charge in [0.05, 0.1) is 12.2 Å². The van der Waals surface area contributed by atoms with Gasteiger partial charge in [-0.25, -0.2) is 0 Å². The molecule has 6 aliphatic carbocycles. The third-order valence-corrected chi connectivity index (χ3v) is 21.6. The Morgan fingerprint density at radius 3 is 0.663 bits per heavy atom. The van der Waals surface area contributed by atoms with Crippen LogP contribution in [0.3, 0.4) is 0 Å². The third-order valence-electron chi connectivity index (χ3n) is 21.6. The maximum atomic E-state index is 12.1. The van der Waals surface area contributed by atoms with Gasteiger partial charge in [0.1, 0.15) is 12.8 Å². The first-order chi connectivity index (χ1) is 41.0. The van der Waals surface area contributed by atoms with Crippen molar-refractivity contribution in [2.24, 2.45) is 104 Å². The number of aliphatic hydroxyl groups excluding tert-OH is 2. The second-order valence-corrected chi connectivity index (χ2v) is 32.7. The Kier molecular flexibility index (Phi) is 40.1. The van der Waals surface area contributed by atoms with Crippen LogP contribution in [0.5, 0.6) is 0 Å². The van der Waals surface area contributed by atoms with Crippen LogP contribution in [-0.4, -0.2) is 58.4 Å². The summed E-state index contributed by atoms with van der Waals surface area (Å²) in [6.07, 6.45) is 35.7. The number of aliphatic hydroxyl groups is 2. The molecule has 0 saturated heterocycles. The molecule has 8 nitrogen and oxygen atoms in total. The molecule has 0 spiro atoms. The fourth-order valence-corrected chi connectivity index (χ4v) is 17.9. The van der Waals surface area contributed by atoms with Crippen LogP contribution >= 0.6 is 7.96 Å².